The van der Waals surface area contributed by atoms with Gasteiger partial charge in [-0.25, -0.2) is 4.98 Å². The Balaban J connectivity index is 1.76. The van der Waals surface area contributed by atoms with Crippen LogP contribution in [0, 0.1) is 12.8 Å². The predicted octanol–water partition coefficient (Wildman–Crippen LogP) is 1.08. The van der Waals surface area contributed by atoms with Gasteiger partial charge in [-0.3, -0.25) is 19.0 Å². The highest BCUT2D eigenvalue weighted by Gasteiger charge is 2.28. The molecule has 1 atom stereocenters. The van der Waals surface area contributed by atoms with Crippen LogP contribution in [0.3, 0.4) is 0 Å². The van der Waals surface area contributed by atoms with E-state index in [0.29, 0.717) is 30.5 Å². The molecule has 1 aromatic carbocycles. The minimum absolute atomic E-state index is 0.00925. The standard InChI is InChI=1S/C19H24N4O3/c1-3-20-18(25)14-7-5-9-22(10-14)16(24)11-23-12-21-17-13(2)6-4-8-15(17)19(23)26/h4,6,8,12,14H,3,5,7,9-11H2,1-2H3,(H,20,25). The molecule has 3 rings (SSSR count). The lowest BCUT2D eigenvalue weighted by Crippen LogP contribution is -2.47. The van der Waals surface area contributed by atoms with Gasteiger partial charge in [0.25, 0.3) is 5.56 Å². The number of aryl methyl sites for hydroxylation is 1. The van der Waals surface area contributed by atoms with E-state index in [-0.39, 0.29) is 29.8 Å². The minimum Gasteiger partial charge on any atom is -0.356 e. The van der Waals surface area contributed by atoms with E-state index in [4.69, 9.17) is 0 Å². The van der Waals surface area contributed by atoms with Crippen molar-refractivity contribution in [1.82, 2.24) is 19.8 Å². The van der Waals surface area contributed by atoms with Gasteiger partial charge in [-0.2, -0.15) is 0 Å². The Kier molecular flexibility index (Phi) is 5.35. The molecule has 1 aliphatic heterocycles. The van der Waals surface area contributed by atoms with E-state index in [0.717, 1.165) is 18.4 Å². The number of likely N-dealkylation sites (tertiary alicyclic amines) is 1. The Morgan fingerprint density at radius 1 is 1.35 bits per heavy atom. The molecule has 1 aromatic heterocycles. The zero-order valence-electron chi connectivity index (χ0n) is 15.2. The van der Waals surface area contributed by atoms with Crippen molar-refractivity contribution in [2.75, 3.05) is 19.6 Å². The molecule has 26 heavy (non-hydrogen) atoms. The predicted molar refractivity (Wildman–Crippen MR) is 98.7 cm³/mol. The van der Waals surface area contributed by atoms with Crippen molar-refractivity contribution in [1.29, 1.82) is 0 Å². The van der Waals surface area contributed by atoms with Crippen molar-refractivity contribution in [2.24, 2.45) is 5.92 Å². The number of para-hydroxylation sites is 1. The molecule has 0 spiro atoms. The van der Waals surface area contributed by atoms with Gasteiger partial charge in [0, 0.05) is 19.6 Å². The Morgan fingerprint density at radius 3 is 2.92 bits per heavy atom. The number of carbonyl (C=O) groups is 2. The quantitative estimate of drug-likeness (QED) is 0.888. The van der Waals surface area contributed by atoms with Gasteiger partial charge in [0.05, 0.1) is 23.1 Å². The molecular weight excluding hydrogens is 332 g/mol. The van der Waals surface area contributed by atoms with Gasteiger partial charge in [0.2, 0.25) is 11.8 Å². The third-order valence-corrected chi connectivity index (χ3v) is 4.86. The van der Waals surface area contributed by atoms with Crippen molar-refractivity contribution in [3.63, 3.8) is 0 Å². The Bertz CT molecular complexity index is 890. The molecule has 0 aliphatic carbocycles. The molecule has 7 nitrogen and oxygen atoms in total. The average Bonchev–Trinajstić information content (AvgIpc) is 2.65. The molecule has 0 saturated carbocycles. The first kappa shape index (κ1) is 18.1. The van der Waals surface area contributed by atoms with Crippen LogP contribution in [0.1, 0.15) is 25.3 Å². The first-order valence-corrected chi connectivity index (χ1v) is 9.01. The number of benzene rings is 1. The van der Waals surface area contributed by atoms with E-state index in [9.17, 15) is 14.4 Å². The molecule has 1 N–H and O–H groups in total. The van der Waals surface area contributed by atoms with Crippen molar-refractivity contribution in [2.45, 2.75) is 33.2 Å². The topological polar surface area (TPSA) is 84.3 Å². The van der Waals surface area contributed by atoms with Crippen LogP contribution in [0.2, 0.25) is 0 Å². The van der Waals surface area contributed by atoms with E-state index in [1.807, 2.05) is 26.0 Å². The summed E-state index contributed by atoms with van der Waals surface area (Å²) >= 11 is 0. The summed E-state index contributed by atoms with van der Waals surface area (Å²) in [7, 11) is 0. The van der Waals surface area contributed by atoms with Crippen LogP contribution in [0.5, 0.6) is 0 Å². The summed E-state index contributed by atoms with van der Waals surface area (Å²) in [5.41, 5.74) is 1.37. The average molecular weight is 356 g/mol. The van der Waals surface area contributed by atoms with Gasteiger partial charge in [-0.15, -0.1) is 0 Å². The number of piperidine rings is 1. The van der Waals surface area contributed by atoms with Gasteiger partial charge in [0.15, 0.2) is 0 Å². The minimum atomic E-state index is -0.218. The molecule has 2 heterocycles. The first-order chi connectivity index (χ1) is 12.5. The van der Waals surface area contributed by atoms with E-state index in [2.05, 4.69) is 10.3 Å². The second kappa shape index (κ2) is 7.68. The molecule has 1 saturated heterocycles. The summed E-state index contributed by atoms with van der Waals surface area (Å²) in [5.74, 6) is -0.346. The second-order valence-corrected chi connectivity index (χ2v) is 6.72. The van der Waals surface area contributed by atoms with Gasteiger partial charge in [0.1, 0.15) is 6.54 Å². The summed E-state index contributed by atoms with van der Waals surface area (Å²) in [6, 6.07) is 5.44. The summed E-state index contributed by atoms with van der Waals surface area (Å²) < 4.78 is 1.35. The van der Waals surface area contributed by atoms with Gasteiger partial charge >= 0.3 is 0 Å². The number of hydrogen-bond acceptors (Lipinski definition) is 4. The number of rotatable bonds is 4. The largest absolute Gasteiger partial charge is 0.356 e. The van der Waals surface area contributed by atoms with Crippen LogP contribution in [0.4, 0.5) is 0 Å². The number of aromatic nitrogens is 2. The zero-order chi connectivity index (χ0) is 18.7. The van der Waals surface area contributed by atoms with Crippen LogP contribution in [-0.4, -0.2) is 45.9 Å². The summed E-state index contributed by atoms with van der Waals surface area (Å²) in [5, 5.41) is 3.33. The maximum absolute atomic E-state index is 12.7. The smallest absolute Gasteiger partial charge is 0.261 e. The molecule has 2 amide bonds. The van der Waals surface area contributed by atoms with Crippen molar-refractivity contribution < 1.29 is 9.59 Å². The number of nitrogens with one attached hydrogen (secondary N) is 1. The van der Waals surface area contributed by atoms with Crippen LogP contribution in [0.25, 0.3) is 10.9 Å². The van der Waals surface area contributed by atoms with Gasteiger partial charge in [-0.1, -0.05) is 12.1 Å². The zero-order valence-corrected chi connectivity index (χ0v) is 15.2. The second-order valence-electron chi connectivity index (χ2n) is 6.72. The molecule has 1 unspecified atom stereocenters. The summed E-state index contributed by atoms with van der Waals surface area (Å²) in [6.07, 6.45) is 3.00. The monoisotopic (exact) mass is 356 g/mol. The maximum atomic E-state index is 12.7. The number of hydrogen-bond donors (Lipinski definition) is 1. The number of carbonyl (C=O) groups excluding carboxylic acids is 2. The highest BCUT2D eigenvalue weighted by atomic mass is 16.2. The van der Waals surface area contributed by atoms with Crippen LogP contribution < -0.4 is 10.9 Å². The molecule has 1 fully saturated rings. The fourth-order valence-electron chi connectivity index (χ4n) is 3.43. The van der Waals surface area contributed by atoms with Crippen LogP contribution in [-0.2, 0) is 16.1 Å². The van der Waals surface area contributed by atoms with E-state index < -0.39 is 0 Å². The Morgan fingerprint density at radius 2 is 2.15 bits per heavy atom. The Labute approximate surface area is 152 Å². The Hall–Kier alpha value is -2.70. The third kappa shape index (κ3) is 3.61. The van der Waals surface area contributed by atoms with Crippen molar-refractivity contribution >= 4 is 22.7 Å². The highest BCUT2D eigenvalue weighted by molar-refractivity contribution is 5.82. The van der Waals surface area contributed by atoms with E-state index in [1.165, 1.54) is 10.9 Å². The number of fused-ring (bicyclic) bond motifs is 1. The number of nitrogens with zero attached hydrogens (tertiary/aromatic N) is 3. The molecular formula is C19H24N4O3. The SMILES string of the molecule is CCNC(=O)C1CCCN(C(=O)Cn2cnc3c(C)cccc3c2=O)C1. The van der Waals surface area contributed by atoms with Crippen molar-refractivity contribution in [3.05, 3.63) is 40.4 Å². The third-order valence-electron chi connectivity index (χ3n) is 4.86. The van der Waals surface area contributed by atoms with Gasteiger partial charge < -0.3 is 10.2 Å². The fraction of sp³-hybridized carbons (Fsp3) is 0.474. The summed E-state index contributed by atoms with van der Waals surface area (Å²) in [6.45, 7) is 5.33. The lowest BCUT2D eigenvalue weighted by molar-refractivity contribution is -0.136. The lowest BCUT2D eigenvalue weighted by atomic mass is 9.97. The van der Waals surface area contributed by atoms with Gasteiger partial charge in [-0.05, 0) is 38.3 Å². The van der Waals surface area contributed by atoms with Crippen molar-refractivity contribution in [3.8, 4) is 0 Å². The molecule has 0 bridgehead atoms. The lowest BCUT2D eigenvalue weighted by Gasteiger charge is -2.32. The summed E-state index contributed by atoms with van der Waals surface area (Å²) in [4.78, 5) is 43.4. The fourth-order valence-corrected chi connectivity index (χ4v) is 3.43. The van der Waals surface area contributed by atoms with Crippen LogP contribution in [0.15, 0.2) is 29.3 Å². The number of amides is 2. The molecule has 0 radical (unpaired) electrons. The first-order valence-electron chi connectivity index (χ1n) is 9.01. The maximum Gasteiger partial charge on any atom is 0.261 e. The molecule has 138 valence electrons. The normalized spacial score (nSPS) is 17.3. The highest BCUT2D eigenvalue weighted by Crippen LogP contribution is 2.17. The van der Waals surface area contributed by atoms with E-state index in [1.54, 1.807) is 11.0 Å². The van der Waals surface area contributed by atoms with E-state index >= 15 is 0 Å². The molecule has 2 aromatic rings. The molecule has 1 aliphatic rings. The molecule has 7 heteroatoms. The van der Waals surface area contributed by atoms with Crippen LogP contribution >= 0.6 is 0 Å².